The first-order chi connectivity index (χ1) is 6.61. The quantitative estimate of drug-likeness (QED) is 0.642. The summed E-state index contributed by atoms with van der Waals surface area (Å²) >= 11 is 0. The first-order valence-electron chi connectivity index (χ1n) is 5.06. The van der Waals surface area contributed by atoms with Gasteiger partial charge >= 0.3 is 0 Å². The van der Waals surface area contributed by atoms with Gasteiger partial charge in [0.15, 0.2) is 0 Å². The summed E-state index contributed by atoms with van der Waals surface area (Å²) in [5.41, 5.74) is 0. The number of nitrogens with zero attached hydrogens (tertiary/aromatic N) is 1. The fourth-order valence-electron chi connectivity index (χ4n) is 1.69. The molecule has 0 aromatic heterocycles. The van der Waals surface area contributed by atoms with Gasteiger partial charge in [-0.05, 0) is 19.3 Å². The Bertz CT molecular complexity index is 286. The Morgan fingerprint density at radius 2 is 2.21 bits per heavy atom. The normalized spacial score (nSPS) is 23.9. The minimum atomic E-state index is -3.18. The maximum atomic E-state index is 11.7. The summed E-state index contributed by atoms with van der Waals surface area (Å²) in [6, 6.07) is -0.406. The van der Waals surface area contributed by atoms with Gasteiger partial charge in [0, 0.05) is 6.54 Å². The summed E-state index contributed by atoms with van der Waals surface area (Å²) in [4.78, 5) is 10.6. The maximum absolute atomic E-state index is 11.7. The van der Waals surface area contributed by atoms with E-state index in [9.17, 15) is 13.2 Å². The molecule has 0 aromatic carbocycles. The number of hydrogen-bond donors (Lipinski definition) is 0. The first kappa shape index (κ1) is 11.7. The van der Waals surface area contributed by atoms with Gasteiger partial charge in [0.05, 0.1) is 11.8 Å². The van der Waals surface area contributed by atoms with Crippen molar-refractivity contribution in [2.24, 2.45) is 0 Å². The van der Waals surface area contributed by atoms with Crippen LogP contribution in [-0.4, -0.2) is 37.3 Å². The lowest BCUT2D eigenvalue weighted by Crippen LogP contribution is -2.37. The van der Waals surface area contributed by atoms with E-state index in [-0.39, 0.29) is 5.75 Å². The van der Waals surface area contributed by atoms with Crippen LogP contribution in [0.15, 0.2) is 0 Å². The van der Waals surface area contributed by atoms with E-state index in [0.717, 1.165) is 19.1 Å². The van der Waals surface area contributed by atoms with E-state index < -0.39 is 16.1 Å². The molecule has 1 atom stereocenters. The summed E-state index contributed by atoms with van der Waals surface area (Å²) in [7, 11) is -3.18. The van der Waals surface area contributed by atoms with Gasteiger partial charge in [0.2, 0.25) is 10.0 Å². The van der Waals surface area contributed by atoms with Gasteiger partial charge in [-0.2, -0.15) is 4.31 Å². The maximum Gasteiger partial charge on any atom is 0.214 e. The Balaban J connectivity index is 2.66. The molecular formula is C9H17NO3S. The van der Waals surface area contributed by atoms with Crippen LogP contribution in [0.4, 0.5) is 0 Å². The molecule has 1 aliphatic rings. The molecule has 1 fully saturated rings. The van der Waals surface area contributed by atoms with Crippen LogP contribution in [0.5, 0.6) is 0 Å². The van der Waals surface area contributed by atoms with E-state index >= 15 is 0 Å². The fourth-order valence-corrected chi connectivity index (χ4v) is 3.55. The highest BCUT2D eigenvalue weighted by molar-refractivity contribution is 7.89. The highest BCUT2D eigenvalue weighted by Gasteiger charge is 2.33. The molecule has 0 spiro atoms. The minimum Gasteiger partial charge on any atom is -0.302 e. The van der Waals surface area contributed by atoms with E-state index in [1.54, 1.807) is 0 Å². The van der Waals surface area contributed by atoms with Crippen molar-refractivity contribution in [3.8, 4) is 0 Å². The number of hydrogen-bond acceptors (Lipinski definition) is 3. The number of aldehydes is 1. The highest BCUT2D eigenvalue weighted by Crippen LogP contribution is 2.20. The molecule has 5 heteroatoms. The Morgan fingerprint density at radius 1 is 1.50 bits per heavy atom. The largest absolute Gasteiger partial charge is 0.302 e. The van der Waals surface area contributed by atoms with Crippen molar-refractivity contribution in [3.63, 3.8) is 0 Å². The van der Waals surface area contributed by atoms with Crippen molar-refractivity contribution in [1.82, 2.24) is 4.31 Å². The Morgan fingerprint density at radius 3 is 2.79 bits per heavy atom. The van der Waals surface area contributed by atoms with Crippen LogP contribution in [0.2, 0.25) is 0 Å². The zero-order chi connectivity index (χ0) is 10.6. The van der Waals surface area contributed by atoms with Crippen molar-refractivity contribution < 1.29 is 13.2 Å². The Hall–Kier alpha value is -0.420. The second-order valence-corrected chi connectivity index (χ2v) is 5.67. The van der Waals surface area contributed by atoms with E-state index in [2.05, 4.69) is 0 Å². The topological polar surface area (TPSA) is 54.5 Å². The van der Waals surface area contributed by atoms with Gasteiger partial charge < -0.3 is 4.79 Å². The smallest absolute Gasteiger partial charge is 0.214 e. The predicted octanol–water partition coefficient (Wildman–Crippen LogP) is 0.780. The van der Waals surface area contributed by atoms with Gasteiger partial charge in [0.25, 0.3) is 0 Å². The predicted molar refractivity (Wildman–Crippen MR) is 54.5 cm³/mol. The summed E-state index contributed by atoms with van der Waals surface area (Å²) in [6.45, 7) is 2.46. The lowest BCUT2D eigenvalue weighted by atomic mass is 10.2. The number of unbranched alkanes of at least 4 members (excludes halogenated alkanes) is 1. The lowest BCUT2D eigenvalue weighted by Gasteiger charge is -2.19. The zero-order valence-corrected chi connectivity index (χ0v) is 9.29. The van der Waals surface area contributed by atoms with Crippen molar-refractivity contribution in [1.29, 1.82) is 0 Å². The number of carbonyl (C=O) groups excluding carboxylic acids is 1. The van der Waals surface area contributed by atoms with Crippen LogP contribution < -0.4 is 0 Å². The molecule has 1 rings (SSSR count). The fraction of sp³-hybridized carbons (Fsp3) is 0.889. The third-order valence-electron chi connectivity index (χ3n) is 2.52. The minimum absolute atomic E-state index is 0.174. The van der Waals surface area contributed by atoms with Gasteiger partial charge in [-0.3, -0.25) is 0 Å². The molecule has 1 unspecified atom stereocenters. The second kappa shape index (κ2) is 4.89. The van der Waals surface area contributed by atoms with Crippen molar-refractivity contribution in [2.75, 3.05) is 12.3 Å². The van der Waals surface area contributed by atoms with E-state index in [4.69, 9.17) is 0 Å². The first-order valence-corrected chi connectivity index (χ1v) is 6.67. The molecule has 0 N–H and O–H groups in total. The summed E-state index contributed by atoms with van der Waals surface area (Å²) < 4.78 is 24.8. The molecule has 82 valence electrons. The molecule has 0 amide bonds. The molecule has 0 aromatic rings. The van der Waals surface area contributed by atoms with Gasteiger partial charge in [-0.15, -0.1) is 0 Å². The Kier molecular flexibility index (Phi) is 4.07. The summed E-state index contributed by atoms with van der Waals surface area (Å²) in [5.74, 6) is 0.174. The van der Waals surface area contributed by atoms with Crippen LogP contribution in [0.3, 0.4) is 0 Å². The third kappa shape index (κ3) is 2.54. The van der Waals surface area contributed by atoms with Crippen molar-refractivity contribution >= 4 is 16.3 Å². The van der Waals surface area contributed by atoms with E-state index in [1.165, 1.54) is 4.31 Å². The summed E-state index contributed by atoms with van der Waals surface area (Å²) in [5, 5.41) is 0. The second-order valence-electron chi connectivity index (χ2n) is 3.63. The molecule has 4 nitrogen and oxygen atoms in total. The molecular weight excluding hydrogens is 202 g/mol. The average Bonchev–Trinajstić information content (AvgIpc) is 2.63. The highest BCUT2D eigenvalue weighted by atomic mass is 32.2. The Labute approximate surface area is 85.3 Å². The van der Waals surface area contributed by atoms with Crippen LogP contribution in [0.1, 0.15) is 32.6 Å². The van der Waals surface area contributed by atoms with Gasteiger partial charge in [-0.1, -0.05) is 13.3 Å². The number of sulfonamides is 1. The van der Waals surface area contributed by atoms with Gasteiger partial charge in [-0.25, -0.2) is 8.42 Å². The molecule has 14 heavy (non-hydrogen) atoms. The zero-order valence-electron chi connectivity index (χ0n) is 8.48. The van der Waals surface area contributed by atoms with E-state index in [0.29, 0.717) is 19.4 Å². The number of carbonyl (C=O) groups is 1. The van der Waals surface area contributed by atoms with Crippen LogP contribution in [0.25, 0.3) is 0 Å². The monoisotopic (exact) mass is 219 g/mol. The lowest BCUT2D eigenvalue weighted by molar-refractivity contribution is -0.110. The molecule has 0 saturated carbocycles. The van der Waals surface area contributed by atoms with Crippen molar-refractivity contribution in [2.45, 2.75) is 38.6 Å². The van der Waals surface area contributed by atoms with Crippen molar-refractivity contribution in [3.05, 3.63) is 0 Å². The molecule has 0 bridgehead atoms. The van der Waals surface area contributed by atoms with Gasteiger partial charge in [0.1, 0.15) is 6.29 Å². The summed E-state index contributed by atoms with van der Waals surface area (Å²) in [6.07, 6.45) is 3.75. The molecule has 0 radical (unpaired) electrons. The van der Waals surface area contributed by atoms with Crippen LogP contribution in [0, 0.1) is 0 Å². The number of rotatable bonds is 5. The SMILES string of the molecule is CCCCS(=O)(=O)N1CCCC1C=O. The van der Waals surface area contributed by atoms with Crippen LogP contribution >= 0.6 is 0 Å². The molecule has 1 aliphatic heterocycles. The molecule has 1 saturated heterocycles. The van der Waals surface area contributed by atoms with Crippen LogP contribution in [-0.2, 0) is 14.8 Å². The van der Waals surface area contributed by atoms with E-state index in [1.807, 2.05) is 6.92 Å². The molecule has 0 aliphatic carbocycles. The average molecular weight is 219 g/mol. The molecule has 1 heterocycles. The standard InChI is InChI=1S/C9H17NO3S/c1-2-3-7-14(12,13)10-6-4-5-9(10)8-11/h8-9H,2-7H2,1H3. The third-order valence-corrected chi connectivity index (χ3v) is 4.49.